The fraction of sp³-hybridized carbons (Fsp3) is 0.0500. The molecule has 128 valence electrons. The van der Waals surface area contributed by atoms with Crippen LogP contribution in [0.25, 0.3) is 22.2 Å². The lowest BCUT2D eigenvalue weighted by Gasteiger charge is -2.07. The molecule has 0 fully saturated rings. The highest BCUT2D eigenvalue weighted by molar-refractivity contribution is 7.14. The number of thiazole rings is 1. The molecule has 4 aromatic rings. The number of benzene rings is 2. The Morgan fingerprint density at radius 1 is 1.00 bits per heavy atom. The second kappa shape index (κ2) is 7.33. The fourth-order valence-electron chi connectivity index (χ4n) is 2.52. The van der Waals surface area contributed by atoms with Crippen molar-refractivity contribution in [2.24, 2.45) is 0 Å². The zero-order valence-corrected chi connectivity index (χ0v) is 14.6. The summed E-state index contributed by atoms with van der Waals surface area (Å²) in [5, 5.41) is 7.35. The number of hydrogen-bond donors (Lipinski definition) is 1. The SMILES string of the molecule is O=C(COc1ccc2ccccc2c1)Nc1nc(-c2ccccn2)cs1. The van der Waals surface area contributed by atoms with Gasteiger partial charge in [-0.05, 0) is 35.0 Å². The van der Waals surface area contributed by atoms with Crippen molar-refractivity contribution < 1.29 is 9.53 Å². The van der Waals surface area contributed by atoms with Crippen LogP contribution >= 0.6 is 11.3 Å². The van der Waals surface area contributed by atoms with Crippen molar-refractivity contribution in [2.45, 2.75) is 0 Å². The predicted octanol–water partition coefficient (Wildman–Crippen LogP) is 4.38. The highest BCUT2D eigenvalue weighted by Gasteiger charge is 2.09. The van der Waals surface area contributed by atoms with Crippen LogP contribution in [-0.2, 0) is 4.79 Å². The second-order valence-electron chi connectivity index (χ2n) is 5.60. The maximum absolute atomic E-state index is 12.1. The van der Waals surface area contributed by atoms with E-state index in [4.69, 9.17) is 4.74 Å². The van der Waals surface area contributed by atoms with E-state index in [1.54, 1.807) is 6.20 Å². The van der Waals surface area contributed by atoms with Crippen LogP contribution in [0.15, 0.2) is 72.2 Å². The van der Waals surface area contributed by atoms with Crippen LogP contribution in [0.4, 0.5) is 5.13 Å². The Hall–Kier alpha value is -3.25. The minimum Gasteiger partial charge on any atom is -0.484 e. The molecule has 1 N–H and O–H groups in total. The first-order chi connectivity index (χ1) is 12.8. The summed E-state index contributed by atoms with van der Waals surface area (Å²) in [5.74, 6) is 0.409. The van der Waals surface area contributed by atoms with Crippen molar-refractivity contribution >= 4 is 33.1 Å². The third-order valence-corrected chi connectivity index (χ3v) is 4.53. The molecule has 0 aliphatic rings. The van der Waals surface area contributed by atoms with Gasteiger partial charge in [-0.25, -0.2) is 4.98 Å². The standard InChI is InChI=1S/C20H15N3O2S/c24-19(12-25-16-9-8-14-5-1-2-6-15(14)11-16)23-20-22-18(13-26-20)17-7-3-4-10-21-17/h1-11,13H,12H2,(H,22,23,24). The van der Waals surface area contributed by atoms with Gasteiger partial charge in [0.05, 0.1) is 5.69 Å². The third kappa shape index (κ3) is 3.70. The number of carbonyl (C=O) groups excluding carboxylic acids is 1. The van der Waals surface area contributed by atoms with Gasteiger partial charge in [-0.15, -0.1) is 11.3 Å². The van der Waals surface area contributed by atoms with E-state index in [1.807, 2.05) is 66.0 Å². The topological polar surface area (TPSA) is 64.1 Å². The van der Waals surface area contributed by atoms with E-state index in [0.29, 0.717) is 10.9 Å². The molecule has 4 rings (SSSR count). The van der Waals surface area contributed by atoms with E-state index in [1.165, 1.54) is 11.3 Å². The number of anilines is 1. The van der Waals surface area contributed by atoms with Gasteiger partial charge in [-0.1, -0.05) is 36.4 Å². The summed E-state index contributed by atoms with van der Waals surface area (Å²) in [4.78, 5) is 20.7. The van der Waals surface area contributed by atoms with Crippen LogP contribution in [0.3, 0.4) is 0 Å². The first-order valence-corrected chi connectivity index (χ1v) is 8.94. The molecule has 6 heteroatoms. The Morgan fingerprint density at radius 3 is 2.69 bits per heavy atom. The third-order valence-electron chi connectivity index (χ3n) is 3.77. The second-order valence-corrected chi connectivity index (χ2v) is 6.46. The molecule has 0 saturated heterocycles. The maximum atomic E-state index is 12.1. The van der Waals surface area contributed by atoms with Gasteiger partial charge in [0.1, 0.15) is 11.4 Å². The first kappa shape index (κ1) is 16.2. The molecule has 0 bridgehead atoms. The van der Waals surface area contributed by atoms with E-state index in [0.717, 1.165) is 22.2 Å². The molecule has 0 aliphatic carbocycles. The summed E-state index contributed by atoms with van der Waals surface area (Å²) in [6.07, 6.45) is 1.71. The molecular weight excluding hydrogens is 346 g/mol. The molecule has 0 saturated carbocycles. The van der Waals surface area contributed by atoms with Gasteiger partial charge in [0.25, 0.3) is 5.91 Å². The lowest BCUT2D eigenvalue weighted by atomic mass is 10.1. The number of ether oxygens (including phenoxy) is 1. The van der Waals surface area contributed by atoms with Crippen LogP contribution < -0.4 is 10.1 Å². The molecule has 0 aliphatic heterocycles. The number of fused-ring (bicyclic) bond motifs is 1. The van der Waals surface area contributed by atoms with E-state index in [9.17, 15) is 4.79 Å². The zero-order valence-electron chi connectivity index (χ0n) is 13.8. The normalized spacial score (nSPS) is 10.6. The number of aromatic nitrogens is 2. The summed E-state index contributed by atoms with van der Waals surface area (Å²) in [7, 11) is 0. The average Bonchev–Trinajstić information content (AvgIpc) is 3.15. The Balaban J connectivity index is 1.37. The summed E-state index contributed by atoms with van der Waals surface area (Å²) in [6, 6.07) is 19.4. The number of hydrogen-bond acceptors (Lipinski definition) is 5. The van der Waals surface area contributed by atoms with Crippen molar-refractivity contribution in [3.63, 3.8) is 0 Å². The highest BCUT2D eigenvalue weighted by Crippen LogP contribution is 2.23. The summed E-state index contributed by atoms with van der Waals surface area (Å²) < 4.78 is 5.59. The quantitative estimate of drug-likeness (QED) is 0.573. The molecule has 1 amide bonds. The van der Waals surface area contributed by atoms with Crippen molar-refractivity contribution in [2.75, 3.05) is 11.9 Å². The largest absolute Gasteiger partial charge is 0.484 e. The Kier molecular flexibility index (Phi) is 4.57. The molecule has 2 aromatic carbocycles. The molecular formula is C20H15N3O2S. The number of carbonyl (C=O) groups is 1. The number of pyridine rings is 1. The Morgan fingerprint density at radius 2 is 1.85 bits per heavy atom. The van der Waals surface area contributed by atoms with E-state index >= 15 is 0 Å². The van der Waals surface area contributed by atoms with Crippen molar-refractivity contribution in [1.29, 1.82) is 0 Å². The number of amides is 1. The lowest BCUT2D eigenvalue weighted by molar-refractivity contribution is -0.118. The number of nitrogens with one attached hydrogen (secondary N) is 1. The molecule has 2 aromatic heterocycles. The monoisotopic (exact) mass is 361 g/mol. The van der Waals surface area contributed by atoms with Crippen molar-refractivity contribution in [1.82, 2.24) is 9.97 Å². The molecule has 2 heterocycles. The average molecular weight is 361 g/mol. The fourth-order valence-corrected chi connectivity index (χ4v) is 3.25. The van der Waals surface area contributed by atoms with E-state index < -0.39 is 0 Å². The van der Waals surface area contributed by atoms with Crippen molar-refractivity contribution in [3.8, 4) is 17.1 Å². The van der Waals surface area contributed by atoms with Gasteiger partial charge in [0.15, 0.2) is 11.7 Å². The van der Waals surface area contributed by atoms with Crippen LogP contribution in [0.2, 0.25) is 0 Å². The van der Waals surface area contributed by atoms with Crippen LogP contribution in [0.1, 0.15) is 0 Å². The van der Waals surface area contributed by atoms with E-state index in [-0.39, 0.29) is 12.5 Å². The van der Waals surface area contributed by atoms with Gasteiger partial charge in [-0.2, -0.15) is 0 Å². The molecule has 0 spiro atoms. The van der Waals surface area contributed by atoms with E-state index in [2.05, 4.69) is 15.3 Å². The zero-order chi connectivity index (χ0) is 17.8. The van der Waals surface area contributed by atoms with Gasteiger partial charge < -0.3 is 4.74 Å². The Labute approximate surface area is 154 Å². The van der Waals surface area contributed by atoms with Crippen LogP contribution in [-0.4, -0.2) is 22.5 Å². The molecule has 5 nitrogen and oxygen atoms in total. The van der Waals surface area contributed by atoms with Gasteiger partial charge in [0.2, 0.25) is 0 Å². The highest BCUT2D eigenvalue weighted by atomic mass is 32.1. The van der Waals surface area contributed by atoms with Gasteiger partial charge in [-0.3, -0.25) is 15.1 Å². The maximum Gasteiger partial charge on any atom is 0.264 e. The molecule has 0 radical (unpaired) electrons. The minimum atomic E-state index is -0.250. The van der Waals surface area contributed by atoms with Crippen LogP contribution in [0, 0.1) is 0 Å². The summed E-state index contributed by atoms with van der Waals surface area (Å²) in [5.41, 5.74) is 1.51. The predicted molar refractivity (Wildman–Crippen MR) is 103 cm³/mol. The number of rotatable bonds is 5. The van der Waals surface area contributed by atoms with Gasteiger partial charge >= 0.3 is 0 Å². The minimum absolute atomic E-state index is 0.0726. The smallest absolute Gasteiger partial charge is 0.264 e. The lowest BCUT2D eigenvalue weighted by Crippen LogP contribution is -2.20. The Bertz CT molecular complexity index is 1050. The first-order valence-electron chi connectivity index (χ1n) is 8.06. The van der Waals surface area contributed by atoms with Crippen molar-refractivity contribution in [3.05, 3.63) is 72.2 Å². The number of nitrogens with zero attached hydrogens (tertiary/aromatic N) is 2. The van der Waals surface area contributed by atoms with Crippen LogP contribution in [0.5, 0.6) is 5.75 Å². The summed E-state index contributed by atoms with van der Waals surface area (Å²) >= 11 is 1.36. The summed E-state index contributed by atoms with van der Waals surface area (Å²) in [6.45, 7) is -0.0726. The molecule has 0 atom stereocenters. The molecule has 26 heavy (non-hydrogen) atoms. The van der Waals surface area contributed by atoms with Gasteiger partial charge in [0, 0.05) is 11.6 Å². The molecule has 0 unspecified atom stereocenters.